The predicted octanol–water partition coefficient (Wildman–Crippen LogP) is 3.36. The number of rotatable bonds is 6. The van der Waals surface area contributed by atoms with Crippen molar-refractivity contribution in [1.82, 2.24) is 5.32 Å². The number of hydrogen-bond acceptors (Lipinski definition) is 2. The summed E-state index contributed by atoms with van der Waals surface area (Å²) in [5.41, 5.74) is -0.349. The first-order valence-electron chi connectivity index (χ1n) is 6.37. The molecular weight excluding hydrogens is 341 g/mol. The molecule has 0 saturated heterocycles. The van der Waals surface area contributed by atoms with Gasteiger partial charge in [-0.15, -0.1) is 0 Å². The Balaban J connectivity index is 2.66. The van der Waals surface area contributed by atoms with E-state index in [0.717, 1.165) is 0 Å². The van der Waals surface area contributed by atoms with Crippen LogP contribution in [0.3, 0.4) is 0 Å². The number of aliphatic carboxylic acids is 1. The van der Waals surface area contributed by atoms with Gasteiger partial charge in [-0.25, -0.2) is 4.39 Å². The number of carbonyl (C=O) groups is 2. The van der Waals surface area contributed by atoms with E-state index in [4.69, 9.17) is 5.11 Å². The van der Waals surface area contributed by atoms with Gasteiger partial charge >= 0.3 is 5.97 Å². The Labute approximate surface area is 131 Å². The molecular formula is C15H17BrFNO3. The fraction of sp³-hybridized carbons (Fsp3) is 0.333. The van der Waals surface area contributed by atoms with Crippen molar-refractivity contribution >= 4 is 33.9 Å². The van der Waals surface area contributed by atoms with Crippen molar-refractivity contribution in [3.8, 4) is 0 Å². The Hall–Kier alpha value is -1.69. The predicted molar refractivity (Wildman–Crippen MR) is 82.2 cm³/mol. The highest BCUT2D eigenvalue weighted by Crippen LogP contribution is 2.17. The molecule has 0 radical (unpaired) electrons. The van der Waals surface area contributed by atoms with E-state index in [9.17, 15) is 14.0 Å². The Morgan fingerprint density at radius 1 is 1.43 bits per heavy atom. The Morgan fingerprint density at radius 3 is 2.71 bits per heavy atom. The normalized spacial score (nSPS) is 11.6. The van der Waals surface area contributed by atoms with E-state index in [2.05, 4.69) is 21.2 Å². The average Bonchev–Trinajstić information content (AvgIpc) is 2.37. The van der Waals surface area contributed by atoms with Crippen molar-refractivity contribution in [1.29, 1.82) is 0 Å². The third kappa shape index (κ3) is 6.53. The van der Waals surface area contributed by atoms with Crippen molar-refractivity contribution in [2.75, 3.05) is 0 Å². The molecule has 0 heterocycles. The monoisotopic (exact) mass is 357 g/mol. The number of benzene rings is 1. The fourth-order valence-electron chi connectivity index (χ4n) is 1.66. The molecule has 0 aliphatic carbocycles. The zero-order chi connectivity index (χ0) is 16.0. The number of halogens is 2. The lowest BCUT2D eigenvalue weighted by atomic mass is 9.98. The summed E-state index contributed by atoms with van der Waals surface area (Å²) in [6.45, 7) is 3.47. The highest BCUT2D eigenvalue weighted by molar-refractivity contribution is 9.10. The van der Waals surface area contributed by atoms with E-state index in [1.807, 2.05) is 0 Å². The largest absolute Gasteiger partial charge is 0.481 e. The van der Waals surface area contributed by atoms with Crippen LogP contribution in [0.5, 0.6) is 0 Å². The van der Waals surface area contributed by atoms with Crippen molar-refractivity contribution in [3.63, 3.8) is 0 Å². The van der Waals surface area contributed by atoms with Gasteiger partial charge in [0.2, 0.25) is 5.91 Å². The molecule has 1 amide bonds. The molecule has 1 aromatic carbocycles. The van der Waals surface area contributed by atoms with E-state index < -0.39 is 23.2 Å². The summed E-state index contributed by atoms with van der Waals surface area (Å²) in [5, 5.41) is 11.3. The summed E-state index contributed by atoms with van der Waals surface area (Å²) >= 11 is 3.23. The van der Waals surface area contributed by atoms with Crippen LogP contribution in [0.2, 0.25) is 0 Å². The standard InChI is InChI=1S/C15H17BrFNO3/c1-15(2,8-7-14(20)21)18-13(19)6-3-10-9-11(16)4-5-12(10)17/h3-6,9H,7-8H2,1-2H3,(H,18,19)(H,20,21). The molecule has 21 heavy (non-hydrogen) atoms. The highest BCUT2D eigenvalue weighted by atomic mass is 79.9. The summed E-state index contributed by atoms with van der Waals surface area (Å²) < 4.78 is 14.2. The van der Waals surface area contributed by atoms with Crippen LogP contribution in [0.25, 0.3) is 6.08 Å². The van der Waals surface area contributed by atoms with Crippen LogP contribution in [0.1, 0.15) is 32.3 Å². The van der Waals surface area contributed by atoms with Crippen LogP contribution in [-0.4, -0.2) is 22.5 Å². The molecule has 114 valence electrons. The number of carboxylic acid groups (broad SMARTS) is 1. The summed E-state index contributed by atoms with van der Waals surface area (Å²) in [7, 11) is 0. The van der Waals surface area contributed by atoms with Gasteiger partial charge in [-0.1, -0.05) is 15.9 Å². The second-order valence-electron chi connectivity index (χ2n) is 5.27. The van der Waals surface area contributed by atoms with E-state index in [-0.39, 0.29) is 6.42 Å². The van der Waals surface area contributed by atoms with Gasteiger partial charge in [0, 0.05) is 28.1 Å². The minimum absolute atomic E-state index is 0.0305. The molecule has 0 aromatic heterocycles. The number of carbonyl (C=O) groups excluding carboxylic acids is 1. The summed E-state index contributed by atoms with van der Waals surface area (Å²) in [5.74, 6) is -1.73. The molecule has 6 heteroatoms. The second-order valence-corrected chi connectivity index (χ2v) is 6.18. The van der Waals surface area contributed by atoms with Gasteiger partial charge in [0.25, 0.3) is 0 Å². The minimum Gasteiger partial charge on any atom is -0.481 e. The summed E-state index contributed by atoms with van der Waals surface area (Å²) in [6.07, 6.45) is 2.89. The molecule has 0 bridgehead atoms. The lowest BCUT2D eigenvalue weighted by Gasteiger charge is -2.24. The fourth-order valence-corrected chi connectivity index (χ4v) is 2.04. The zero-order valence-corrected chi connectivity index (χ0v) is 13.4. The average molecular weight is 358 g/mol. The van der Waals surface area contributed by atoms with E-state index in [1.165, 1.54) is 18.2 Å². The number of carboxylic acids is 1. The smallest absolute Gasteiger partial charge is 0.303 e. The lowest BCUT2D eigenvalue weighted by molar-refractivity contribution is -0.137. The molecule has 2 N–H and O–H groups in total. The first-order valence-corrected chi connectivity index (χ1v) is 7.16. The zero-order valence-electron chi connectivity index (χ0n) is 11.8. The number of hydrogen-bond donors (Lipinski definition) is 2. The van der Waals surface area contributed by atoms with Crippen molar-refractivity contribution in [2.45, 2.75) is 32.2 Å². The van der Waals surface area contributed by atoms with Crippen molar-refractivity contribution in [2.24, 2.45) is 0 Å². The summed E-state index contributed by atoms with van der Waals surface area (Å²) in [6, 6.07) is 4.44. The highest BCUT2D eigenvalue weighted by Gasteiger charge is 2.20. The topological polar surface area (TPSA) is 66.4 Å². The van der Waals surface area contributed by atoms with Crippen molar-refractivity contribution < 1.29 is 19.1 Å². The molecule has 1 rings (SSSR count). The Bertz CT molecular complexity index is 570. The lowest BCUT2D eigenvalue weighted by Crippen LogP contribution is -2.42. The molecule has 0 fully saturated rings. The molecule has 0 saturated carbocycles. The van der Waals surface area contributed by atoms with Gasteiger partial charge in [-0.3, -0.25) is 9.59 Å². The third-order valence-corrected chi connectivity index (χ3v) is 3.29. The van der Waals surface area contributed by atoms with Gasteiger partial charge in [-0.05, 0) is 44.5 Å². The first kappa shape index (κ1) is 17.4. The van der Waals surface area contributed by atoms with Gasteiger partial charge in [0.1, 0.15) is 5.82 Å². The van der Waals surface area contributed by atoms with Gasteiger partial charge < -0.3 is 10.4 Å². The molecule has 0 aliphatic heterocycles. The molecule has 0 unspecified atom stereocenters. The van der Waals surface area contributed by atoms with Crippen molar-refractivity contribution in [3.05, 3.63) is 40.1 Å². The van der Waals surface area contributed by atoms with Crippen LogP contribution in [0.15, 0.2) is 28.7 Å². The Kier molecular flexibility index (Phi) is 6.08. The number of amides is 1. The van der Waals surface area contributed by atoms with Gasteiger partial charge in [0.15, 0.2) is 0 Å². The van der Waals surface area contributed by atoms with Crippen LogP contribution >= 0.6 is 15.9 Å². The molecule has 1 aromatic rings. The molecule has 4 nitrogen and oxygen atoms in total. The number of nitrogens with one attached hydrogen (secondary N) is 1. The molecule has 0 spiro atoms. The quantitative estimate of drug-likeness (QED) is 0.767. The first-order chi connectivity index (χ1) is 9.69. The van der Waals surface area contributed by atoms with E-state index >= 15 is 0 Å². The van der Waals surface area contributed by atoms with Gasteiger partial charge in [-0.2, -0.15) is 0 Å². The third-order valence-electron chi connectivity index (χ3n) is 2.80. The second kappa shape index (κ2) is 7.36. The minimum atomic E-state index is -0.913. The maximum atomic E-state index is 13.5. The maximum Gasteiger partial charge on any atom is 0.303 e. The van der Waals surface area contributed by atoms with Crippen LogP contribution in [-0.2, 0) is 9.59 Å². The van der Waals surface area contributed by atoms with E-state index in [0.29, 0.717) is 16.5 Å². The van der Waals surface area contributed by atoms with Crippen LogP contribution in [0, 0.1) is 5.82 Å². The Morgan fingerprint density at radius 2 is 2.10 bits per heavy atom. The summed E-state index contributed by atoms with van der Waals surface area (Å²) in [4.78, 5) is 22.3. The maximum absolute atomic E-state index is 13.5. The molecule has 0 aliphatic rings. The molecule has 0 atom stereocenters. The van der Waals surface area contributed by atoms with Crippen LogP contribution in [0.4, 0.5) is 4.39 Å². The SMILES string of the molecule is CC(C)(CCC(=O)O)NC(=O)C=Cc1cc(Br)ccc1F. The van der Waals surface area contributed by atoms with E-state index in [1.54, 1.807) is 26.0 Å². The van der Waals surface area contributed by atoms with Crippen LogP contribution < -0.4 is 5.32 Å². The van der Waals surface area contributed by atoms with Gasteiger partial charge in [0.05, 0.1) is 0 Å².